The molecule has 22 heavy (non-hydrogen) atoms. The molecule has 6 heteroatoms. The van der Waals surface area contributed by atoms with Crippen molar-refractivity contribution in [3.8, 4) is 17.2 Å². The first-order valence-corrected chi connectivity index (χ1v) is 7.26. The summed E-state index contributed by atoms with van der Waals surface area (Å²) in [6, 6.07) is 7.97. The van der Waals surface area contributed by atoms with Gasteiger partial charge in [0.25, 0.3) is 0 Å². The van der Waals surface area contributed by atoms with Crippen molar-refractivity contribution < 1.29 is 4.79 Å². The van der Waals surface area contributed by atoms with Gasteiger partial charge in [-0.3, -0.25) is 9.36 Å². The second-order valence-electron chi connectivity index (χ2n) is 5.25. The van der Waals surface area contributed by atoms with Crippen molar-refractivity contribution in [3.05, 3.63) is 49.2 Å². The smallest absolute Gasteiger partial charge is 0.227 e. The van der Waals surface area contributed by atoms with Gasteiger partial charge in [0.05, 0.1) is 12.5 Å². The summed E-state index contributed by atoms with van der Waals surface area (Å²) < 4.78 is 1.99. The van der Waals surface area contributed by atoms with Crippen LogP contribution >= 0.6 is 0 Å². The first-order valence-electron chi connectivity index (χ1n) is 7.26. The molecule has 6 nitrogen and oxygen atoms in total. The van der Waals surface area contributed by atoms with E-state index in [0.29, 0.717) is 6.42 Å². The summed E-state index contributed by atoms with van der Waals surface area (Å²) in [5.74, 6) is 1.01. The van der Waals surface area contributed by atoms with Crippen LogP contribution in [0, 0.1) is 0 Å². The Balaban J connectivity index is 1.67. The van der Waals surface area contributed by atoms with Gasteiger partial charge in [-0.1, -0.05) is 0 Å². The van der Waals surface area contributed by atoms with Crippen LogP contribution in [-0.4, -0.2) is 32.0 Å². The predicted molar refractivity (Wildman–Crippen MR) is 82.7 cm³/mol. The first-order chi connectivity index (χ1) is 10.8. The maximum Gasteiger partial charge on any atom is 0.227 e. The molecule has 1 saturated heterocycles. The summed E-state index contributed by atoms with van der Waals surface area (Å²) in [7, 11) is 0. The van der Waals surface area contributed by atoms with Gasteiger partial charge in [0.2, 0.25) is 5.91 Å². The molecule has 0 aliphatic carbocycles. The van der Waals surface area contributed by atoms with Crippen molar-refractivity contribution in [2.24, 2.45) is 0 Å². The highest BCUT2D eigenvalue weighted by Gasteiger charge is 2.21. The summed E-state index contributed by atoms with van der Waals surface area (Å²) in [6.45, 7) is 0.808. The van der Waals surface area contributed by atoms with Gasteiger partial charge in [0.1, 0.15) is 5.69 Å². The van der Waals surface area contributed by atoms with Crippen molar-refractivity contribution in [3.63, 3.8) is 0 Å². The molecule has 0 radical (unpaired) electrons. The number of carbonyl (C=O) groups excluding carboxylic acids is 1. The Morgan fingerprint density at radius 3 is 2.64 bits per heavy atom. The Kier molecular flexibility index (Phi) is 3.00. The molecule has 1 aromatic carbocycles. The lowest BCUT2D eigenvalue weighted by Crippen LogP contribution is -2.23. The molecule has 110 valence electrons. The van der Waals surface area contributed by atoms with Gasteiger partial charge in [0.15, 0.2) is 5.82 Å². The van der Waals surface area contributed by atoms with E-state index in [1.165, 1.54) is 0 Å². The number of anilines is 1. The van der Waals surface area contributed by atoms with Gasteiger partial charge in [-0.15, -0.1) is 0 Å². The predicted octanol–water partition coefficient (Wildman–Crippen LogP) is 2.39. The molecule has 1 aliphatic rings. The summed E-state index contributed by atoms with van der Waals surface area (Å²) >= 11 is 0. The zero-order valence-electron chi connectivity index (χ0n) is 11.9. The van der Waals surface area contributed by atoms with E-state index in [1.807, 2.05) is 39.9 Å². The van der Waals surface area contributed by atoms with Gasteiger partial charge < -0.3 is 9.88 Å². The van der Waals surface area contributed by atoms with Gasteiger partial charge in [-0.2, -0.15) is 0 Å². The Morgan fingerprint density at radius 1 is 1.14 bits per heavy atom. The van der Waals surface area contributed by atoms with E-state index in [1.54, 1.807) is 18.7 Å². The number of H-pyrrole nitrogens is 1. The number of nitrogens with one attached hydrogen (secondary N) is 1. The Bertz CT molecular complexity index is 788. The second kappa shape index (κ2) is 5.14. The Labute approximate surface area is 127 Å². The number of rotatable bonds is 3. The monoisotopic (exact) mass is 293 g/mol. The molecule has 1 fully saturated rings. The number of aromatic amines is 1. The molecule has 4 rings (SSSR count). The highest BCUT2D eigenvalue weighted by Crippen LogP contribution is 2.24. The van der Waals surface area contributed by atoms with Gasteiger partial charge >= 0.3 is 0 Å². The van der Waals surface area contributed by atoms with Crippen molar-refractivity contribution in [2.75, 3.05) is 11.4 Å². The van der Waals surface area contributed by atoms with E-state index in [9.17, 15) is 4.79 Å². The molecule has 1 aliphatic heterocycles. The van der Waals surface area contributed by atoms with Crippen LogP contribution in [0.15, 0.2) is 49.2 Å². The van der Waals surface area contributed by atoms with Crippen LogP contribution in [0.3, 0.4) is 0 Å². The van der Waals surface area contributed by atoms with Gasteiger partial charge in [-0.25, -0.2) is 9.97 Å². The lowest BCUT2D eigenvalue weighted by atomic mass is 10.2. The van der Waals surface area contributed by atoms with E-state index in [2.05, 4.69) is 15.0 Å². The van der Waals surface area contributed by atoms with Crippen molar-refractivity contribution >= 4 is 11.6 Å². The lowest BCUT2D eigenvalue weighted by Gasteiger charge is -2.16. The molecule has 2 aromatic heterocycles. The summed E-state index contributed by atoms with van der Waals surface area (Å²) in [5, 5.41) is 0. The van der Waals surface area contributed by atoms with E-state index in [0.717, 1.165) is 35.9 Å². The molecule has 3 aromatic rings. The molecular weight excluding hydrogens is 278 g/mol. The zero-order chi connectivity index (χ0) is 14.9. The van der Waals surface area contributed by atoms with Gasteiger partial charge in [-0.05, 0) is 30.7 Å². The second-order valence-corrected chi connectivity index (χ2v) is 5.25. The van der Waals surface area contributed by atoms with Crippen LogP contribution in [0.25, 0.3) is 17.2 Å². The minimum absolute atomic E-state index is 0.202. The Morgan fingerprint density at radius 2 is 1.95 bits per heavy atom. The van der Waals surface area contributed by atoms with Crippen LogP contribution in [0.2, 0.25) is 0 Å². The van der Waals surface area contributed by atoms with E-state index in [-0.39, 0.29) is 5.91 Å². The third-order valence-corrected chi connectivity index (χ3v) is 3.89. The summed E-state index contributed by atoms with van der Waals surface area (Å²) in [5.41, 5.74) is 2.82. The fourth-order valence-electron chi connectivity index (χ4n) is 2.80. The van der Waals surface area contributed by atoms with Crippen LogP contribution in [0.5, 0.6) is 0 Å². The highest BCUT2D eigenvalue weighted by atomic mass is 16.2. The highest BCUT2D eigenvalue weighted by molar-refractivity contribution is 5.95. The first kappa shape index (κ1) is 12.8. The third kappa shape index (κ3) is 2.09. The molecular formula is C16H15N5O. The van der Waals surface area contributed by atoms with E-state index >= 15 is 0 Å². The zero-order valence-corrected chi connectivity index (χ0v) is 11.9. The number of hydrogen-bond acceptors (Lipinski definition) is 3. The molecule has 0 saturated carbocycles. The number of benzene rings is 1. The SMILES string of the molecule is O=C1CCCN1c1ccc(-n2ccnc2-c2cnc[nH]2)cc1. The van der Waals surface area contributed by atoms with Crippen LogP contribution in [0.1, 0.15) is 12.8 Å². The Hall–Kier alpha value is -2.89. The van der Waals surface area contributed by atoms with Crippen LogP contribution in [-0.2, 0) is 4.79 Å². The fourth-order valence-corrected chi connectivity index (χ4v) is 2.80. The summed E-state index contributed by atoms with van der Waals surface area (Å²) in [6.07, 6.45) is 8.63. The average Bonchev–Trinajstić information content (AvgIpc) is 3.28. The minimum Gasteiger partial charge on any atom is -0.342 e. The molecule has 0 atom stereocenters. The minimum atomic E-state index is 0.202. The maximum absolute atomic E-state index is 11.8. The molecule has 0 unspecified atom stereocenters. The standard InChI is InChI=1S/C16H15N5O/c22-15-2-1-8-20(15)12-3-5-13(6-4-12)21-9-7-18-16(21)14-10-17-11-19-14/h3-7,9-11H,1-2,8H2,(H,17,19). The molecule has 3 heterocycles. The van der Waals surface area contributed by atoms with Crippen LogP contribution in [0.4, 0.5) is 5.69 Å². The van der Waals surface area contributed by atoms with Crippen molar-refractivity contribution in [1.29, 1.82) is 0 Å². The molecule has 1 amide bonds. The van der Waals surface area contributed by atoms with E-state index in [4.69, 9.17) is 0 Å². The van der Waals surface area contributed by atoms with Gasteiger partial charge in [0, 0.05) is 36.7 Å². The lowest BCUT2D eigenvalue weighted by molar-refractivity contribution is -0.117. The van der Waals surface area contributed by atoms with Crippen molar-refractivity contribution in [2.45, 2.75) is 12.8 Å². The third-order valence-electron chi connectivity index (χ3n) is 3.89. The molecule has 0 spiro atoms. The quantitative estimate of drug-likeness (QED) is 0.806. The number of imidazole rings is 2. The number of carbonyl (C=O) groups is 1. The van der Waals surface area contributed by atoms with Crippen LogP contribution < -0.4 is 4.90 Å². The number of amides is 1. The number of hydrogen-bond donors (Lipinski definition) is 1. The topological polar surface area (TPSA) is 66.8 Å². The largest absolute Gasteiger partial charge is 0.342 e. The molecule has 1 N–H and O–H groups in total. The number of nitrogens with zero attached hydrogens (tertiary/aromatic N) is 4. The fraction of sp³-hybridized carbons (Fsp3) is 0.188. The average molecular weight is 293 g/mol. The van der Waals surface area contributed by atoms with E-state index < -0.39 is 0 Å². The normalized spacial score (nSPS) is 14.7. The summed E-state index contributed by atoms with van der Waals surface area (Å²) in [4.78, 5) is 25.1. The van der Waals surface area contributed by atoms with Crippen molar-refractivity contribution in [1.82, 2.24) is 19.5 Å². The molecule has 0 bridgehead atoms. The number of aromatic nitrogens is 4. The maximum atomic E-state index is 11.8.